The van der Waals surface area contributed by atoms with E-state index in [2.05, 4.69) is 20.9 Å². The number of anilines is 2. The summed E-state index contributed by atoms with van der Waals surface area (Å²) in [6.07, 6.45) is 1.37. The lowest BCUT2D eigenvalue weighted by Crippen LogP contribution is -2.28. The number of rotatable bonds is 7. The molecule has 4 N–H and O–H groups in total. The van der Waals surface area contributed by atoms with E-state index in [0.717, 1.165) is 16.7 Å². The lowest BCUT2D eigenvalue weighted by atomic mass is 10.1. The third kappa shape index (κ3) is 6.46. The van der Waals surface area contributed by atoms with Crippen molar-refractivity contribution < 1.29 is 24.2 Å². The fourth-order valence-corrected chi connectivity index (χ4v) is 3.25. The Morgan fingerprint density at radius 3 is 2.41 bits per heavy atom. The summed E-state index contributed by atoms with van der Waals surface area (Å²) in [7, 11) is 0. The Balaban J connectivity index is 1.64. The first-order valence-electron chi connectivity index (χ1n) is 10.2. The van der Waals surface area contributed by atoms with Crippen LogP contribution >= 0.6 is 11.6 Å². The predicted octanol–water partition coefficient (Wildman–Crippen LogP) is 5.12. The van der Waals surface area contributed by atoms with E-state index >= 15 is 0 Å². The van der Waals surface area contributed by atoms with Crippen molar-refractivity contribution in [3.05, 3.63) is 76.1 Å². The zero-order valence-corrected chi connectivity index (χ0v) is 19.5. The number of carbonyl (C=O) groups is 3. The molecule has 0 saturated carbocycles. The van der Waals surface area contributed by atoms with Crippen molar-refractivity contribution in [1.82, 2.24) is 10.3 Å². The average Bonchev–Trinajstić information content (AvgIpc) is 2.77. The summed E-state index contributed by atoms with van der Waals surface area (Å²) in [5.74, 6) is -0.520. The molecule has 0 aliphatic carbocycles. The van der Waals surface area contributed by atoms with Gasteiger partial charge < -0.3 is 25.8 Å². The minimum atomic E-state index is -1.14. The van der Waals surface area contributed by atoms with Crippen LogP contribution in [0.1, 0.15) is 34.1 Å². The van der Waals surface area contributed by atoms with Crippen LogP contribution in [0.3, 0.4) is 0 Å². The highest BCUT2D eigenvalue weighted by Crippen LogP contribution is 2.29. The number of hydrogen-bond acceptors (Lipinski definition) is 5. The zero-order chi connectivity index (χ0) is 24.8. The van der Waals surface area contributed by atoms with E-state index < -0.39 is 12.0 Å². The Hall–Kier alpha value is -4.11. The average molecular weight is 483 g/mol. The number of amides is 3. The highest BCUT2D eigenvalue weighted by atomic mass is 35.5. The summed E-state index contributed by atoms with van der Waals surface area (Å²) in [6, 6.07) is 11.1. The van der Waals surface area contributed by atoms with Crippen LogP contribution in [0.5, 0.6) is 11.5 Å². The summed E-state index contributed by atoms with van der Waals surface area (Å²) in [5, 5.41) is 17.7. The van der Waals surface area contributed by atoms with E-state index in [1.165, 1.54) is 19.2 Å². The molecule has 10 heteroatoms. The molecule has 0 saturated heterocycles. The molecule has 9 nitrogen and oxygen atoms in total. The molecule has 0 aliphatic rings. The van der Waals surface area contributed by atoms with Gasteiger partial charge in [-0.2, -0.15) is 0 Å². The summed E-state index contributed by atoms with van der Waals surface area (Å²) in [6.45, 7) is 5.25. The Bertz CT molecular complexity index is 1260. The molecule has 0 bridgehead atoms. The van der Waals surface area contributed by atoms with Crippen molar-refractivity contribution in [3.63, 3.8) is 0 Å². The third-order valence-corrected chi connectivity index (χ3v) is 5.14. The van der Waals surface area contributed by atoms with Crippen LogP contribution in [-0.4, -0.2) is 28.0 Å². The van der Waals surface area contributed by atoms with Gasteiger partial charge in [0.05, 0.1) is 11.4 Å². The van der Waals surface area contributed by atoms with Gasteiger partial charge in [0.25, 0.3) is 0 Å². The highest BCUT2D eigenvalue weighted by Gasteiger charge is 2.12. The van der Waals surface area contributed by atoms with Gasteiger partial charge in [0, 0.05) is 30.8 Å². The number of halogens is 1. The van der Waals surface area contributed by atoms with Crippen LogP contribution in [0.4, 0.5) is 16.2 Å². The molecule has 0 radical (unpaired) electrons. The lowest BCUT2D eigenvalue weighted by Gasteiger charge is -2.15. The number of carboxylic acid groups (broad SMARTS) is 1. The second-order valence-corrected chi connectivity index (χ2v) is 7.93. The number of urea groups is 1. The van der Waals surface area contributed by atoms with Crippen molar-refractivity contribution in [2.45, 2.75) is 27.3 Å². The van der Waals surface area contributed by atoms with E-state index in [1.807, 2.05) is 13.0 Å². The van der Waals surface area contributed by atoms with Crippen LogP contribution in [0.25, 0.3) is 0 Å². The van der Waals surface area contributed by atoms with Crippen LogP contribution in [0.15, 0.2) is 48.7 Å². The highest BCUT2D eigenvalue weighted by molar-refractivity contribution is 6.32. The summed E-state index contributed by atoms with van der Waals surface area (Å²) in [4.78, 5) is 38.7. The Morgan fingerprint density at radius 2 is 1.74 bits per heavy atom. The maximum absolute atomic E-state index is 12.5. The quantitative estimate of drug-likeness (QED) is 0.369. The van der Waals surface area contributed by atoms with Gasteiger partial charge in [0.15, 0.2) is 5.69 Å². The van der Waals surface area contributed by atoms with Crippen LogP contribution in [0.2, 0.25) is 5.02 Å². The second-order valence-electron chi connectivity index (χ2n) is 7.52. The van der Waals surface area contributed by atoms with Crippen molar-refractivity contribution >= 4 is 40.9 Å². The number of pyridine rings is 1. The number of carboxylic acids is 1. The van der Waals surface area contributed by atoms with E-state index in [4.69, 9.17) is 21.4 Å². The molecular formula is C24H23ClN4O5. The van der Waals surface area contributed by atoms with Crippen molar-refractivity contribution in [3.8, 4) is 11.5 Å². The van der Waals surface area contributed by atoms with Crippen molar-refractivity contribution in [2.75, 3.05) is 10.6 Å². The maximum Gasteiger partial charge on any atom is 0.354 e. The number of carbonyl (C=O) groups excluding carboxylic acids is 2. The number of aromatic nitrogens is 1. The molecule has 0 fully saturated rings. The van der Waals surface area contributed by atoms with Gasteiger partial charge in [-0.3, -0.25) is 4.79 Å². The fourth-order valence-electron chi connectivity index (χ4n) is 3.08. The molecular weight excluding hydrogens is 460 g/mol. The molecule has 0 unspecified atom stereocenters. The van der Waals surface area contributed by atoms with Crippen molar-refractivity contribution in [1.29, 1.82) is 0 Å². The normalized spacial score (nSPS) is 10.4. The minimum Gasteiger partial charge on any atom is -0.477 e. The molecule has 1 aromatic heterocycles. The zero-order valence-electron chi connectivity index (χ0n) is 18.7. The molecule has 0 atom stereocenters. The van der Waals surface area contributed by atoms with E-state index in [1.54, 1.807) is 37.3 Å². The minimum absolute atomic E-state index is 0.112. The number of nitrogens with one attached hydrogen (secondary N) is 3. The first-order chi connectivity index (χ1) is 16.1. The number of benzene rings is 2. The summed E-state index contributed by atoms with van der Waals surface area (Å²) >= 11 is 6.13. The van der Waals surface area contributed by atoms with Crippen LogP contribution < -0.4 is 20.7 Å². The van der Waals surface area contributed by atoms with Gasteiger partial charge in [-0.1, -0.05) is 23.7 Å². The SMILES string of the molecule is CC(=O)Nc1cc(Cl)c(C)cc1NC(=O)NCc1ccc(Oc2ccnc(C(=O)O)c2)c(C)c1. The van der Waals surface area contributed by atoms with Gasteiger partial charge in [-0.25, -0.2) is 14.6 Å². The van der Waals surface area contributed by atoms with Gasteiger partial charge in [-0.15, -0.1) is 0 Å². The molecule has 176 valence electrons. The van der Waals surface area contributed by atoms with Gasteiger partial charge in [0.2, 0.25) is 5.91 Å². The van der Waals surface area contributed by atoms with Crippen LogP contribution in [-0.2, 0) is 11.3 Å². The molecule has 1 heterocycles. The van der Waals surface area contributed by atoms with Gasteiger partial charge >= 0.3 is 12.0 Å². The molecule has 3 amide bonds. The lowest BCUT2D eigenvalue weighted by molar-refractivity contribution is -0.114. The van der Waals surface area contributed by atoms with Crippen molar-refractivity contribution in [2.24, 2.45) is 0 Å². The number of aryl methyl sites for hydroxylation is 2. The van der Waals surface area contributed by atoms with Gasteiger partial charge in [0.1, 0.15) is 11.5 Å². The topological polar surface area (TPSA) is 130 Å². The van der Waals surface area contributed by atoms with E-state index in [-0.39, 0.29) is 18.1 Å². The number of hydrogen-bond donors (Lipinski definition) is 4. The van der Waals surface area contributed by atoms with Crippen LogP contribution in [0, 0.1) is 13.8 Å². The monoisotopic (exact) mass is 482 g/mol. The first kappa shape index (κ1) is 24.5. The molecule has 0 aliphatic heterocycles. The Kier molecular flexibility index (Phi) is 7.70. The predicted molar refractivity (Wildman–Crippen MR) is 129 cm³/mol. The molecule has 2 aromatic carbocycles. The molecule has 3 rings (SSSR count). The molecule has 0 spiro atoms. The standard InChI is InChI=1S/C24H23ClN4O5/c1-13-9-19(20(11-18(13)25)28-15(3)30)29-24(33)27-12-16-4-5-22(14(2)8-16)34-17-6-7-26-21(10-17)23(31)32/h4-11H,12H2,1-3H3,(H,28,30)(H,31,32)(H2,27,29,33). The van der Waals surface area contributed by atoms with E-state index in [0.29, 0.717) is 27.9 Å². The molecule has 34 heavy (non-hydrogen) atoms. The molecule has 3 aromatic rings. The number of nitrogens with zero attached hydrogens (tertiary/aromatic N) is 1. The maximum atomic E-state index is 12.5. The fraction of sp³-hybridized carbons (Fsp3) is 0.167. The number of aromatic carboxylic acids is 1. The Labute approximate surface area is 201 Å². The second kappa shape index (κ2) is 10.7. The van der Waals surface area contributed by atoms with E-state index in [9.17, 15) is 14.4 Å². The smallest absolute Gasteiger partial charge is 0.354 e. The Morgan fingerprint density at radius 1 is 1.00 bits per heavy atom. The van der Waals surface area contributed by atoms with Gasteiger partial charge in [-0.05, 0) is 54.8 Å². The largest absolute Gasteiger partial charge is 0.477 e. The number of ether oxygens (including phenoxy) is 1. The summed E-state index contributed by atoms with van der Waals surface area (Å²) < 4.78 is 5.78. The summed E-state index contributed by atoms with van der Waals surface area (Å²) in [5.41, 5.74) is 3.09. The first-order valence-corrected chi connectivity index (χ1v) is 10.6. The third-order valence-electron chi connectivity index (χ3n) is 4.73.